The molecule has 0 spiro atoms. The number of nitrogens with zero attached hydrogens (tertiary/aromatic N) is 3. The van der Waals surface area contributed by atoms with E-state index in [1.165, 1.54) is 0 Å². The summed E-state index contributed by atoms with van der Waals surface area (Å²) in [6.07, 6.45) is 8.89. The Hall–Kier alpha value is -3.54. The Kier molecular flexibility index (Phi) is 6.82. The molecule has 1 aliphatic rings. The zero-order chi connectivity index (χ0) is 23.3. The second kappa shape index (κ2) is 9.94. The number of hydrogen-bond donors (Lipinski definition) is 1. The summed E-state index contributed by atoms with van der Waals surface area (Å²) in [5.74, 6) is -0.0643. The largest absolute Gasteiger partial charge is 0.353 e. The van der Waals surface area contributed by atoms with Gasteiger partial charge in [0.1, 0.15) is 0 Å². The standard InChI is InChI=1S/C27H30N4O2/c1-20(2)30-26(33)27(11-5-15-31(19-27)25(32)24-8-4-12-29-18-24)17-21-6-3-7-23(16-21)22-9-13-28-14-10-22/h3-4,6-10,12-14,16,18,20H,5,11,15,17,19H2,1-2H3,(H,30,33)/t27-/m0/s1. The Bertz CT molecular complexity index is 1100. The van der Waals surface area contributed by atoms with E-state index in [-0.39, 0.29) is 17.9 Å². The van der Waals surface area contributed by atoms with Crippen molar-refractivity contribution in [3.05, 3.63) is 84.4 Å². The molecule has 1 saturated heterocycles. The maximum Gasteiger partial charge on any atom is 0.255 e. The molecule has 33 heavy (non-hydrogen) atoms. The molecule has 0 aliphatic carbocycles. The van der Waals surface area contributed by atoms with E-state index in [0.29, 0.717) is 25.1 Å². The van der Waals surface area contributed by atoms with Gasteiger partial charge in [0.15, 0.2) is 0 Å². The zero-order valence-electron chi connectivity index (χ0n) is 19.2. The van der Waals surface area contributed by atoms with Crippen LogP contribution in [0.5, 0.6) is 0 Å². The predicted octanol–water partition coefficient (Wildman–Crippen LogP) is 4.13. The predicted molar refractivity (Wildman–Crippen MR) is 128 cm³/mol. The normalized spacial score (nSPS) is 18.2. The van der Waals surface area contributed by atoms with Crippen molar-refractivity contribution in [1.29, 1.82) is 0 Å². The number of pyridine rings is 2. The molecule has 1 atom stereocenters. The van der Waals surface area contributed by atoms with Crippen molar-refractivity contribution < 1.29 is 9.59 Å². The van der Waals surface area contributed by atoms with Crippen LogP contribution in [-0.2, 0) is 11.2 Å². The molecule has 0 unspecified atom stereocenters. The van der Waals surface area contributed by atoms with Crippen LogP contribution in [0.25, 0.3) is 11.1 Å². The lowest BCUT2D eigenvalue weighted by molar-refractivity contribution is -0.134. The fraction of sp³-hybridized carbons (Fsp3) is 0.333. The number of rotatable bonds is 6. The Morgan fingerprint density at radius 1 is 1.03 bits per heavy atom. The number of aromatic nitrogens is 2. The summed E-state index contributed by atoms with van der Waals surface area (Å²) < 4.78 is 0. The number of nitrogens with one attached hydrogen (secondary N) is 1. The van der Waals surface area contributed by atoms with Crippen LogP contribution in [0.2, 0.25) is 0 Å². The van der Waals surface area contributed by atoms with Crippen molar-refractivity contribution in [1.82, 2.24) is 20.2 Å². The Balaban J connectivity index is 1.64. The van der Waals surface area contributed by atoms with Gasteiger partial charge in [0.05, 0.1) is 11.0 Å². The lowest BCUT2D eigenvalue weighted by atomic mass is 9.73. The molecule has 1 aliphatic heterocycles. The molecule has 0 radical (unpaired) electrons. The number of likely N-dealkylation sites (tertiary alicyclic amines) is 1. The highest BCUT2D eigenvalue weighted by Gasteiger charge is 2.43. The van der Waals surface area contributed by atoms with Gasteiger partial charge < -0.3 is 10.2 Å². The summed E-state index contributed by atoms with van der Waals surface area (Å²) in [7, 11) is 0. The SMILES string of the molecule is CC(C)NC(=O)[C@]1(Cc2cccc(-c3ccncc3)c2)CCCN(C(=O)c2cccnc2)C1. The molecule has 170 valence electrons. The van der Waals surface area contributed by atoms with E-state index in [4.69, 9.17) is 0 Å². The molecule has 1 fully saturated rings. The van der Waals surface area contributed by atoms with E-state index in [9.17, 15) is 9.59 Å². The highest BCUT2D eigenvalue weighted by Crippen LogP contribution is 2.36. The summed E-state index contributed by atoms with van der Waals surface area (Å²) in [5, 5.41) is 3.12. The van der Waals surface area contributed by atoms with Crippen LogP contribution in [0.15, 0.2) is 73.3 Å². The monoisotopic (exact) mass is 442 g/mol. The van der Waals surface area contributed by atoms with Crippen molar-refractivity contribution in [2.24, 2.45) is 5.41 Å². The molecule has 6 nitrogen and oxygen atoms in total. The first kappa shape index (κ1) is 22.6. The van der Waals surface area contributed by atoms with Crippen LogP contribution in [-0.4, -0.2) is 45.8 Å². The van der Waals surface area contributed by atoms with E-state index in [1.807, 2.05) is 36.9 Å². The van der Waals surface area contributed by atoms with Gasteiger partial charge in [-0.2, -0.15) is 0 Å². The minimum absolute atomic E-state index is 0.00972. The fourth-order valence-electron chi connectivity index (χ4n) is 4.60. The van der Waals surface area contributed by atoms with Crippen molar-refractivity contribution in [2.75, 3.05) is 13.1 Å². The molecule has 2 amide bonds. The van der Waals surface area contributed by atoms with Gasteiger partial charge in [-0.3, -0.25) is 19.6 Å². The topological polar surface area (TPSA) is 75.2 Å². The number of carbonyl (C=O) groups is 2. The van der Waals surface area contributed by atoms with E-state index < -0.39 is 5.41 Å². The number of piperidine rings is 1. The highest BCUT2D eigenvalue weighted by atomic mass is 16.2. The summed E-state index contributed by atoms with van der Waals surface area (Å²) in [5.41, 5.74) is 3.13. The molecule has 0 saturated carbocycles. The number of amides is 2. The lowest BCUT2D eigenvalue weighted by Gasteiger charge is -2.42. The van der Waals surface area contributed by atoms with Crippen LogP contribution in [0.1, 0.15) is 42.6 Å². The van der Waals surface area contributed by atoms with Gasteiger partial charge in [-0.1, -0.05) is 24.3 Å². The number of hydrogen-bond acceptors (Lipinski definition) is 4. The van der Waals surface area contributed by atoms with Crippen molar-refractivity contribution in [3.63, 3.8) is 0 Å². The number of carbonyl (C=O) groups excluding carboxylic acids is 2. The van der Waals surface area contributed by atoms with Crippen LogP contribution >= 0.6 is 0 Å². The zero-order valence-corrected chi connectivity index (χ0v) is 19.2. The maximum absolute atomic E-state index is 13.5. The molecule has 1 aromatic carbocycles. The minimum Gasteiger partial charge on any atom is -0.353 e. The van der Waals surface area contributed by atoms with Gasteiger partial charge >= 0.3 is 0 Å². The van der Waals surface area contributed by atoms with Crippen LogP contribution in [0.3, 0.4) is 0 Å². The maximum atomic E-state index is 13.5. The second-order valence-corrected chi connectivity index (χ2v) is 9.09. The summed E-state index contributed by atoms with van der Waals surface area (Å²) >= 11 is 0. The molecular weight excluding hydrogens is 412 g/mol. The number of benzene rings is 1. The van der Waals surface area contributed by atoms with E-state index in [1.54, 1.807) is 36.9 Å². The van der Waals surface area contributed by atoms with Crippen molar-refractivity contribution in [3.8, 4) is 11.1 Å². The Labute approximate surface area is 195 Å². The molecule has 3 heterocycles. The first-order valence-corrected chi connectivity index (χ1v) is 11.5. The van der Waals surface area contributed by atoms with Crippen LogP contribution < -0.4 is 5.32 Å². The van der Waals surface area contributed by atoms with E-state index >= 15 is 0 Å². The van der Waals surface area contributed by atoms with Gasteiger partial charge in [-0.15, -0.1) is 0 Å². The van der Waals surface area contributed by atoms with Gasteiger partial charge in [0.25, 0.3) is 5.91 Å². The first-order chi connectivity index (χ1) is 16.0. The second-order valence-electron chi connectivity index (χ2n) is 9.09. The van der Waals surface area contributed by atoms with Gasteiger partial charge in [-0.25, -0.2) is 0 Å². The van der Waals surface area contributed by atoms with Crippen LogP contribution in [0, 0.1) is 5.41 Å². The van der Waals surface area contributed by atoms with Gasteiger partial charge in [-0.05, 0) is 74.1 Å². The van der Waals surface area contributed by atoms with Crippen molar-refractivity contribution >= 4 is 11.8 Å². The molecule has 4 rings (SSSR count). The van der Waals surface area contributed by atoms with E-state index in [0.717, 1.165) is 29.5 Å². The lowest BCUT2D eigenvalue weighted by Crippen LogP contribution is -2.55. The highest BCUT2D eigenvalue weighted by molar-refractivity contribution is 5.94. The quantitative estimate of drug-likeness (QED) is 0.623. The van der Waals surface area contributed by atoms with Crippen LogP contribution in [0.4, 0.5) is 0 Å². The van der Waals surface area contributed by atoms with E-state index in [2.05, 4.69) is 33.5 Å². The Morgan fingerprint density at radius 2 is 1.85 bits per heavy atom. The third-order valence-corrected chi connectivity index (χ3v) is 6.16. The first-order valence-electron chi connectivity index (χ1n) is 11.5. The van der Waals surface area contributed by atoms with Gasteiger partial charge in [0.2, 0.25) is 5.91 Å². The third-order valence-electron chi connectivity index (χ3n) is 6.16. The summed E-state index contributed by atoms with van der Waals surface area (Å²) in [6.45, 7) is 4.97. The Morgan fingerprint density at radius 3 is 2.58 bits per heavy atom. The average Bonchev–Trinajstić information content (AvgIpc) is 2.84. The molecule has 1 N–H and O–H groups in total. The average molecular weight is 443 g/mol. The molecular formula is C27H30N4O2. The molecule has 2 aromatic heterocycles. The summed E-state index contributed by atoms with van der Waals surface area (Å²) in [6, 6.07) is 15.8. The molecule has 0 bridgehead atoms. The fourth-order valence-corrected chi connectivity index (χ4v) is 4.60. The van der Waals surface area contributed by atoms with Crippen molar-refractivity contribution in [2.45, 2.75) is 39.2 Å². The molecule has 6 heteroatoms. The smallest absolute Gasteiger partial charge is 0.255 e. The summed E-state index contributed by atoms with van der Waals surface area (Å²) in [4.78, 5) is 36.7. The third kappa shape index (κ3) is 5.28. The minimum atomic E-state index is -0.683. The van der Waals surface area contributed by atoms with Gasteiger partial charge in [0, 0.05) is 43.9 Å². The molecule has 3 aromatic rings.